The predicted octanol–water partition coefficient (Wildman–Crippen LogP) is -0.362. The maximum atomic E-state index is 10.9. The molecule has 0 aliphatic carbocycles. The van der Waals surface area contributed by atoms with Gasteiger partial charge in [0.2, 0.25) is 5.91 Å². The van der Waals surface area contributed by atoms with Crippen molar-refractivity contribution in [2.45, 2.75) is 6.42 Å². The van der Waals surface area contributed by atoms with Crippen molar-refractivity contribution in [1.29, 1.82) is 0 Å². The highest BCUT2D eigenvalue weighted by atomic mass is 16.5. The fourth-order valence-electron chi connectivity index (χ4n) is 1.19. The van der Waals surface area contributed by atoms with Crippen LogP contribution in [-0.2, 0) is 14.3 Å². The number of amides is 1. The van der Waals surface area contributed by atoms with Crippen LogP contribution in [0.4, 0.5) is 0 Å². The van der Waals surface area contributed by atoms with Gasteiger partial charge in [-0.15, -0.1) is 0 Å². The summed E-state index contributed by atoms with van der Waals surface area (Å²) >= 11 is 0. The molecule has 1 saturated heterocycles. The number of hydrogen-bond donors (Lipinski definition) is 0. The summed E-state index contributed by atoms with van der Waals surface area (Å²) in [7, 11) is 3.02. The van der Waals surface area contributed by atoms with Crippen molar-refractivity contribution in [3.63, 3.8) is 0 Å². The van der Waals surface area contributed by atoms with E-state index in [1.54, 1.807) is 11.9 Å². The van der Waals surface area contributed by atoms with Crippen LogP contribution in [0.25, 0.3) is 0 Å². The Morgan fingerprint density at radius 3 is 2.73 bits per heavy atom. The molecule has 1 rings (SSSR count). The number of nitrogens with zero attached hydrogens (tertiary/aromatic N) is 1. The van der Waals surface area contributed by atoms with Gasteiger partial charge in [-0.25, -0.2) is 0 Å². The number of esters is 1. The van der Waals surface area contributed by atoms with Gasteiger partial charge in [0, 0.05) is 20.0 Å². The van der Waals surface area contributed by atoms with E-state index in [2.05, 4.69) is 4.74 Å². The molecule has 0 bridgehead atoms. The molecule has 0 aromatic heterocycles. The lowest BCUT2D eigenvalue weighted by molar-refractivity contribution is -0.145. The molecule has 0 aromatic carbocycles. The van der Waals surface area contributed by atoms with Crippen molar-refractivity contribution in [1.82, 2.24) is 4.90 Å². The second-order valence-electron chi connectivity index (χ2n) is 2.70. The molecule has 1 heterocycles. The summed E-state index contributed by atoms with van der Waals surface area (Å²) in [5, 5.41) is 0. The van der Waals surface area contributed by atoms with E-state index in [0.29, 0.717) is 13.0 Å². The molecule has 4 nitrogen and oxygen atoms in total. The fraction of sp³-hybridized carbons (Fsp3) is 0.714. The van der Waals surface area contributed by atoms with Crippen LogP contribution in [0.5, 0.6) is 0 Å². The molecule has 0 spiro atoms. The molecule has 1 amide bonds. The lowest BCUT2D eigenvalue weighted by Gasteiger charge is -2.07. The van der Waals surface area contributed by atoms with Gasteiger partial charge >= 0.3 is 5.97 Å². The van der Waals surface area contributed by atoms with Crippen LogP contribution < -0.4 is 0 Å². The third kappa shape index (κ3) is 1.50. The van der Waals surface area contributed by atoms with Crippen molar-refractivity contribution in [3.8, 4) is 0 Å². The number of carbonyl (C=O) groups excluding carboxylic acids is 2. The zero-order chi connectivity index (χ0) is 8.43. The molecule has 0 saturated carbocycles. The molecule has 1 aliphatic rings. The van der Waals surface area contributed by atoms with Crippen LogP contribution in [0.15, 0.2) is 0 Å². The number of ether oxygens (including phenoxy) is 1. The van der Waals surface area contributed by atoms with E-state index in [1.165, 1.54) is 7.11 Å². The van der Waals surface area contributed by atoms with Crippen LogP contribution in [0, 0.1) is 5.92 Å². The van der Waals surface area contributed by atoms with Gasteiger partial charge in [0.15, 0.2) is 0 Å². The minimum atomic E-state index is -0.289. The van der Waals surface area contributed by atoms with Gasteiger partial charge in [0.05, 0.1) is 13.0 Å². The Balaban J connectivity index is 2.53. The molecule has 0 N–H and O–H groups in total. The fourth-order valence-corrected chi connectivity index (χ4v) is 1.19. The van der Waals surface area contributed by atoms with Gasteiger partial charge in [-0.1, -0.05) is 0 Å². The Morgan fingerprint density at radius 2 is 2.36 bits per heavy atom. The number of methoxy groups -OCH3 is 1. The Bertz CT molecular complexity index is 190. The average Bonchev–Trinajstić information content (AvgIpc) is 2.31. The smallest absolute Gasteiger partial charge is 0.310 e. The molecule has 4 heteroatoms. The predicted molar refractivity (Wildman–Crippen MR) is 37.8 cm³/mol. The third-order valence-corrected chi connectivity index (χ3v) is 1.88. The van der Waals surface area contributed by atoms with E-state index in [9.17, 15) is 9.59 Å². The minimum Gasteiger partial charge on any atom is -0.469 e. The Morgan fingerprint density at radius 1 is 1.73 bits per heavy atom. The molecule has 11 heavy (non-hydrogen) atoms. The zero-order valence-electron chi connectivity index (χ0n) is 6.66. The first-order chi connectivity index (χ1) is 5.15. The highest BCUT2D eigenvalue weighted by Crippen LogP contribution is 2.16. The molecule has 1 aliphatic heterocycles. The van der Waals surface area contributed by atoms with Crippen molar-refractivity contribution in [2.75, 3.05) is 20.7 Å². The highest BCUT2D eigenvalue weighted by Gasteiger charge is 2.32. The largest absolute Gasteiger partial charge is 0.469 e. The third-order valence-electron chi connectivity index (χ3n) is 1.88. The van der Waals surface area contributed by atoms with Gasteiger partial charge in [-0.05, 0) is 0 Å². The summed E-state index contributed by atoms with van der Waals surface area (Å²) < 4.78 is 4.51. The van der Waals surface area contributed by atoms with Crippen molar-refractivity contribution < 1.29 is 14.3 Å². The number of likely N-dealkylation sites (tertiary alicyclic amines) is 1. The molecule has 1 atom stereocenters. The Hall–Kier alpha value is -1.06. The van der Waals surface area contributed by atoms with Crippen LogP contribution in [0.3, 0.4) is 0 Å². The van der Waals surface area contributed by atoms with Crippen molar-refractivity contribution in [2.24, 2.45) is 5.92 Å². The average molecular weight is 157 g/mol. The first-order valence-electron chi connectivity index (χ1n) is 3.47. The summed E-state index contributed by atoms with van der Waals surface area (Å²) in [5.41, 5.74) is 0. The van der Waals surface area contributed by atoms with E-state index >= 15 is 0 Å². The number of rotatable bonds is 1. The molecule has 1 unspecified atom stereocenters. The van der Waals surface area contributed by atoms with E-state index in [0.717, 1.165) is 0 Å². The molecule has 0 aromatic rings. The van der Waals surface area contributed by atoms with E-state index in [4.69, 9.17) is 0 Å². The van der Waals surface area contributed by atoms with Gasteiger partial charge in [-0.3, -0.25) is 9.59 Å². The van der Waals surface area contributed by atoms with Gasteiger partial charge in [-0.2, -0.15) is 0 Å². The SMILES string of the molecule is COC(=O)C1CC(=O)N(C)C1. The second kappa shape index (κ2) is 2.90. The molecule has 1 fully saturated rings. The summed E-state index contributed by atoms with van der Waals surface area (Å²) in [4.78, 5) is 23.4. The van der Waals surface area contributed by atoms with Gasteiger partial charge < -0.3 is 9.64 Å². The van der Waals surface area contributed by atoms with Crippen molar-refractivity contribution in [3.05, 3.63) is 0 Å². The highest BCUT2D eigenvalue weighted by molar-refractivity contribution is 5.86. The van der Waals surface area contributed by atoms with E-state index in [-0.39, 0.29) is 17.8 Å². The molecular formula is C7H11NO3. The van der Waals surface area contributed by atoms with E-state index < -0.39 is 0 Å². The summed E-state index contributed by atoms with van der Waals surface area (Å²) in [5.74, 6) is -0.527. The molecular weight excluding hydrogens is 146 g/mol. The normalized spacial score (nSPS) is 24.0. The van der Waals surface area contributed by atoms with Crippen LogP contribution in [-0.4, -0.2) is 37.5 Å². The lowest BCUT2D eigenvalue weighted by atomic mass is 10.1. The summed E-state index contributed by atoms with van der Waals surface area (Å²) in [6.45, 7) is 0.492. The zero-order valence-corrected chi connectivity index (χ0v) is 6.66. The maximum Gasteiger partial charge on any atom is 0.310 e. The first kappa shape index (κ1) is 8.04. The Kier molecular flexibility index (Phi) is 2.12. The maximum absolute atomic E-state index is 10.9. The topological polar surface area (TPSA) is 46.6 Å². The van der Waals surface area contributed by atoms with Crippen LogP contribution in [0.2, 0.25) is 0 Å². The summed E-state index contributed by atoms with van der Waals surface area (Å²) in [6, 6.07) is 0. The standard InChI is InChI=1S/C7H11NO3/c1-8-4-5(3-6(8)9)7(10)11-2/h5H,3-4H2,1-2H3. The van der Waals surface area contributed by atoms with Gasteiger partial charge in [0.1, 0.15) is 0 Å². The Labute approximate surface area is 65.1 Å². The molecule has 62 valence electrons. The van der Waals surface area contributed by atoms with Crippen LogP contribution >= 0.6 is 0 Å². The van der Waals surface area contributed by atoms with Crippen molar-refractivity contribution >= 4 is 11.9 Å². The lowest BCUT2D eigenvalue weighted by Crippen LogP contribution is -2.21. The number of carbonyl (C=O) groups is 2. The number of hydrogen-bond acceptors (Lipinski definition) is 3. The van der Waals surface area contributed by atoms with Crippen LogP contribution in [0.1, 0.15) is 6.42 Å². The van der Waals surface area contributed by atoms with E-state index in [1.807, 2.05) is 0 Å². The minimum absolute atomic E-state index is 0.0143. The summed E-state index contributed by atoms with van der Waals surface area (Å²) in [6.07, 6.45) is 0.295. The van der Waals surface area contributed by atoms with Gasteiger partial charge in [0.25, 0.3) is 0 Å². The monoisotopic (exact) mass is 157 g/mol. The second-order valence-corrected chi connectivity index (χ2v) is 2.70. The first-order valence-corrected chi connectivity index (χ1v) is 3.47. The quantitative estimate of drug-likeness (QED) is 0.488. The molecule has 0 radical (unpaired) electrons.